The number of aromatic nitrogens is 2. The molecule has 1 aromatic heterocycles. The summed E-state index contributed by atoms with van der Waals surface area (Å²) in [4.78, 5) is 0. The van der Waals surface area contributed by atoms with Gasteiger partial charge >= 0.3 is 0 Å². The largest absolute Gasteiger partial charge is 0.342 e. The van der Waals surface area contributed by atoms with Gasteiger partial charge < -0.3 is 4.52 Å². The van der Waals surface area contributed by atoms with Gasteiger partial charge in [-0.1, -0.05) is 104 Å². The van der Waals surface area contributed by atoms with Crippen LogP contribution >= 0.6 is 0 Å². The molecule has 0 radical (unpaired) electrons. The molecule has 1 heterocycles. The fourth-order valence-electron chi connectivity index (χ4n) is 3.49. The zero-order chi connectivity index (χ0) is 17.3. The van der Waals surface area contributed by atoms with E-state index in [1.807, 2.05) is 0 Å². The Morgan fingerprint density at radius 2 is 1.25 bits per heavy atom. The van der Waals surface area contributed by atoms with Crippen LogP contribution in [0, 0.1) is 0 Å². The molecule has 0 aromatic carbocycles. The van der Waals surface area contributed by atoms with Crippen LogP contribution in [-0.2, 0) is 0 Å². The van der Waals surface area contributed by atoms with E-state index in [0.717, 1.165) is 12.2 Å². The van der Waals surface area contributed by atoms with Crippen molar-refractivity contribution in [1.29, 1.82) is 0 Å². The summed E-state index contributed by atoms with van der Waals surface area (Å²) in [5, 5.41) is 7.38. The normalized spacial score (nSPS) is 12.6. The van der Waals surface area contributed by atoms with Crippen LogP contribution in [0.1, 0.15) is 128 Å². The molecule has 3 nitrogen and oxygen atoms in total. The molecule has 0 fully saturated rings. The number of hydrogen-bond donors (Lipinski definition) is 0. The Kier molecular flexibility index (Phi) is 13.8. The monoisotopic (exact) mass is 336 g/mol. The van der Waals surface area contributed by atoms with E-state index >= 15 is 0 Å². The van der Waals surface area contributed by atoms with Crippen LogP contribution in [0.25, 0.3) is 0 Å². The lowest BCUT2D eigenvalue weighted by Gasteiger charge is -2.10. The molecule has 3 heteroatoms. The molecule has 0 aliphatic rings. The van der Waals surface area contributed by atoms with Gasteiger partial charge in [-0.05, 0) is 12.8 Å². The molecule has 0 saturated heterocycles. The summed E-state index contributed by atoms with van der Waals surface area (Å²) in [6.07, 6.45) is 23.9. The standard InChI is InChI=1S/C21H40N2O/c1-3-5-6-7-8-9-10-11-12-13-14-15-16-17-18-20(4-2)21-19-22-23-24-21/h19-20H,3-18H2,1-2H3. The fraction of sp³-hybridized carbons (Fsp3) is 0.905. The van der Waals surface area contributed by atoms with Gasteiger partial charge in [0.05, 0.1) is 6.20 Å². The highest BCUT2D eigenvalue weighted by molar-refractivity contribution is 4.96. The van der Waals surface area contributed by atoms with Crippen molar-refractivity contribution in [3.8, 4) is 0 Å². The van der Waals surface area contributed by atoms with E-state index in [1.165, 1.54) is 96.3 Å². The molecule has 0 aliphatic heterocycles. The van der Waals surface area contributed by atoms with Crippen LogP contribution in [0.5, 0.6) is 0 Å². The predicted molar refractivity (Wildman–Crippen MR) is 102 cm³/mol. The smallest absolute Gasteiger partial charge is 0.160 e. The zero-order valence-corrected chi connectivity index (χ0v) is 16.3. The Morgan fingerprint density at radius 1 is 0.750 bits per heavy atom. The summed E-state index contributed by atoms with van der Waals surface area (Å²) in [5.74, 6) is 1.48. The number of unbranched alkanes of at least 4 members (excludes halogenated alkanes) is 13. The van der Waals surface area contributed by atoms with Crippen LogP contribution in [0.4, 0.5) is 0 Å². The maximum Gasteiger partial charge on any atom is 0.160 e. The Hall–Kier alpha value is -0.860. The molecule has 0 spiro atoms. The number of rotatable bonds is 17. The Bertz CT molecular complexity index is 351. The van der Waals surface area contributed by atoms with Crippen molar-refractivity contribution < 1.29 is 4.52 Å². The van der Waals surface area contributed by atoms with Crippen LogP contribution in [0.3, 0.4) is 0 Å². The Morgan fingerprint density at radius 3 is 1.67 bits per heavy atom. The van der Waals surface area contributed by atoms with Crippen molar-refractivity contribution in [1.82, 2.24) is 10.4 Å². The van der Waals surface area contributed by atoms with Crippen molar-refractivity contribution in [2.24, 2.45) is 0 Å². The van der Waals surface area contributed by atoms with E-state index in [1.54, 1.807) is 6.20 Å². The summed E-state index contributed by atoms with van der Waals surface area (Å²) in [6, 6.07) is 0. The summed E-state index contributed by atoms with van der Waals surface area (Å²) >= 11 is 0. The molecular weight excluding hydrogens is 296 g/mol. The lowest BCUT2D eigenvalue weighted by atomic mass is 9.96. The van der Waals surface area contributed by atoms with Crippen molar-refractivity contribution in [3.05, 3.63) is 12.0 Å². The van der Waals surface area contributed by atoms with E-state index in [9.17, 15) is 0 Å². The fourth-order valence-corrected chi connectivity index (χ4v) is 3.49. The average molecular weight is 337 g/mol. The van der Waals surface area contributed by atoms with Crippen LogP contribution in [0.15, 0.2) is 10.7 Å². The molecule has 1 atom stereocenters. The lowest BCUT2D eigenvalue weighted by Crippen LogP contribution is -1.96. The Balaban J connectivity index is 1.80. The average Bonchev–Trinajstić information content (AvgIpc) is 3.13. The maximum atomic E-state index is 5.20. The van der Waals surface area contributed by atoms with E-state index in [0.29, 0.717) is 5.92 Å². The van der Waals surface area contributed by atoms with Gasteiger partial charge in [-0.25, -0.2) is 0 Å². The summed E-state index contributed by atoms with van der Waals surface area (Å²) in [7, 11) is 0. The molecule has 140 valence electrons. The van der Waals surface area contributed by atoms with Gasteiger partial charge in [-0.15, -0.1) is 5.10 Å². The summed E-state index contributed by atoms with van der Waals surface area (Å²) < 4.78 is 5.20. The minimum atomic E-state index is 0.511. The molecule has 0 amide bonds. The molecule has 1 aromatic rings. The summed E-state index contributed by atoms with van der Waals surface area (Å²) in [5.41, 5.74) is 0. The van der Waals surface area contributed by atoms with Crippen molar-refractivity contribution in [3.63, 3.8) is 0 Å². The Labute approximate surface area is 150 Å². The van der Waals surface area contributed by atoms with E-state index < -0.39 is 0 Å². The second kappa shape index (κ2) is 15.7. The first-order valence-electron chi connectivity index (χ1n) is 10.7. The van der Waals surface area contributed by atoms with Gasteiger partial charge in [-0.3, -0.25) is 0 Å². The van der Waals surface area contributed by atoms with Gasteiger partial charge in [-0.2, -0.15) is 0 Å². The van der Waals surface area contributed by atoms with Gasteiger partial charge in [0.25, 0.3) is 0 Å². The third-order valence-corrected chi connectivity index (χ3v) is 5.18. The minimum Gasteiger partial charge on any atom is -0.342 e. The molecule has 0 N–H and O–H groups in total. The van der Waals surface area contributed by atoms with E-state index in [2.05, 4.69) is 24.2 Å². The highest BCUT2D eigenvalue weighted by atomic mass is 16.5. The molecule has 0 saturated carbocycles. The molecule has 0 bridgehead atoms. The van der Waals surface area contributed by atoms with Crippen molar-refractivity contribution in [2.45, 2.75) is 122 Å². The van der Waals surface area contributed by atoms with Gasteiger partial charge in [0, 0.05) is 11.2 Å². The SMILES string of the molecule is CCCCCCCCCCCCCCCCC(CC)c1cnno1. The van der Waals surface area contributed by atoms with Crippen LogP contribution in [0.2, 0.25) is 0 Å². The second-order valence-electron chi connectivity index (χ2n) is 7.31. The highest BCUT2D eigenvalue weighted by Gasteiger charge is 2.13. The highest BCUT2D eigenvalue weighted by Crippen LogP contribution is 2.25. The maximum absolute atomic E-state index is 5.20. The van der Waals surface area contributed by atoms with Crippen molar-refractivity contribution >= 4 is 0 Å². The first-order chi connectivity index (χ1) is 11.9. The molecule has 0 aliphatic carbocycles. The predicted octanol–water partition coefficient (Wildman–Crippen LogP) is 7.43. The third-order valence-electron chi connectivity index (χ3n) is 5.18. The first-order valence-corrected chi connectivity index (χ1v) is 10.7. The van der Waals surface area contributed by atoms with Gasteiger partial charge in [0.15, 0.2) is 5.76 Å². The quantitative estimate of drug-likeness (QED) is 0.277. The molecule has 24 heavy (non-hydrogen) atoms. The van der Waals surface area contributed by atoms with Crippen LogP contribution in [-0.4, -0.2) is 10.4 Å². The lowest BCUT2D eigenvalue weighted by molar-refractivity contribution is 0.330. The first kappa shape index (κ1) is 21.2. The summed E-state index contributed by atoms with van der Waals surface area (Å²) in [6.45, 7) is 4.51. The van der Waals surface area contributed by atoms with E-state index in [4.69, 9.17) is 4.52 Å². The number of nitrogens with zero attached hydrogens (tertiary/aromatic N) is 2. The second-order valence-corrected chi connectivity index (χ2v) is 7.31. The van der Waals surface area contributed by atoms with Gasteiger partial charge in [0.2, 0.25) is 0 Å². The minimum absolute atomic E-state index is 0.511. The topological polar surface area (TPSA) is 38.9 Å². The molecular formula is C21H40N2O. The zero-order valence-electron chi connectivity index (χ0n) is 16.3. The van der Waals surface area contributed by atoms with Gasteiger partial charge in [0.1, 0.15) is 0 Å². The van der Waals surface area contributed by atoms with Crippen molar-refractivity contribution in [2.75, 3.05) is 0 Å². The number of hydrogen-bond acceptors (Lipinski definition) is 3. The van der Waals surface area contributed by atoms with Crippen LogP contribution < -0.4 is 0 Å². The molecule has 1 rings (SSSR count). The molecule has 1 unspecified atom stereocenters. The van der Waals surface area contributed by atoms with E-state index in [-0.39, 0.29) is 0 Å². The third kappa shape index (κ3) is 10.8.